The Morgan fingerprint density at radius 3 is 2.67 bits per heavy atom. The van der Waals surface area contributed by atoms with Crippen molar-refractivity contribution in [2.75, 3.05) is 38.0 Å². The standard InChI is InChI=1S/C22H34N6O2/c1-2-24-21(28-12-6-8-18(16-28)14-20(23)29)25-15-17-7-5-9-19(13-17)26-22(30)27-10-3-4-11-27/h5,7,9,13,18H,2-4,6,8,10-12,14-16H2,1H3,(H2,23,29)(H,24,25)(H,26,30). The SMILES string of the molecule is CCNC(=NCc1cccc(NC(=O)N2CCCC2)c1)N1CCCC(CC(N)=O)C1. The maximum absolute atomic E-state index is 12.3. The van der Waals surface area contributed by atoms with Crippen LogP contribution in [0.1, 0.15) is 44.6 Å². The predicted molar refractivity (Wildman–Crippen MR) is 119 cm³/mol. The summed E-state index contributed by atoms with van der Waals surface area (Å²) in [5.74, 6) is 0.902. The van der Waals surface area contributed by atoms with Crippen molar-refractivity contribution >= 4 is 23.6 Å². The molecule has 0 aromatic heterocycles. The van der Waals surface area contributed by atoms with Crippen molar-refractivity contribution in [1.82, 2.24) is 15.1 Å². The second-order valence-electron chi connectivity index (χ2n) is 8.12. The lowest BCUT2D eigenvalue weighted by molar-refractivity contribution is -0.119. The molecule has 3 rings (SSSR count). The molecule has 8 nitrogen and oxygen atoms in total. The summed E-state index contributed by atoms with van der Waals surface area (Å²) in [6.07, 6.45) is 4.63. The molecular formula is C22H34N6O2. The number of carbonyl (C=O) groups is 2. The van der Waals surface area contributed by atoms with Crippen LogP contribution in [0.5, 0.6) is 0 Å². The van der Waals surface area contributed by atoms with Crippen molar-refractivity contribution in [3.05, 3.63) is 29.8 Å². The number of likely N-dealkylation sites (tertiary alicyclic amines) is 2. The van der Waals surface area contributed by atoms with Gasteiger partial charge in [0, 0.05) is 44.8 Å². The first kappa shape index (κ1) is 21.9. The first-order valence-electron chi connectivity index (χ1n) is 11.0. The molecule has 2 fully saturated rings. The fourth-order valence-electron chi connectivity index (χ4n) is 4.17. The lowest BCUT2D eigenvalue weighted by Crippen LogP contribution is -2.47. The third kappa shape index (κ3) is 6.37. The zero-order valence-corrected chi connectivity index (χ0v) is 17.9. The first-order chi connectivity index (χ1) is 14.5. The lowest BCUT2D eigenvalue weighted by Gasteiger charge is -2.34. The molecule has 2 heterocycles. The minimum atomic E-state index is -0.239. The normalized spacial score (nSPS) is 19.6. The Labute approximate surface area is 178 Å². The molecule has 0 bridgehead atoms. The number of anilines is 1. The number of carbonyl (C=O) groups excluding carboxylic acids is 2. The molecule has 1 unspecified atom stereocenters. The van der Waals surface area contributed by atoms with Crippen LogP contribution in [0.4, 0.5) is 10.5 Å². The summed E-state index contributed by atoms with van der Waals surface area (Å²) in [7, 11) is 0. The molecule has 0 radical (unpaired) electrons. The Hall–Kier alpha value is -2.77. The molecule has 0 aliphatic carbocycles. The summed E-state index contributed by atoms with van der Waals surface area (Å²) < 4.78 is 0. The van der Waals surface area contributed by atoms with Crippen molar-refractivity contribution < 1.29 is 9.59 Å². The van der Waals surface area contributed by atoms with Crippen molar-refractivity contribution in [1.29, 1.82) is 0 Å². The van der Waals surface area contributed by atoms with Gasteiger partial charge in [0.1, 0.15) is 0 Å². The Kier molecular flexibility index (Phi) is 7.93. The molecule has 2 aliphatic rings. The van der Waals surface area contributed by atoms with Crippen LogP contribution in [0.2, 0.25) is 0 Å². The lowest BCUT2D eigenvalue weighted by atomic mass is 9.95. The topological polar surface area (TPSA) is 103 Å². The van der Waals surface area contributed by atoms with E-state index in [-0.39, 0.29) is 17.9 Å². The Bertz CT molecular complexity index is 760. The summed E-state index contributed by atoms with van der Waals surface area (Å²) in [6, 6.07) is 7.82. The number of nitrogens with one attached hydrogen (secondary N) is 2. The number of hydrogen-bond donors (Lipinski definition) is 3. The number of amides is 3. The minimum Gasteiger partial charge on any atom is -0.370 e. The fourth-order valence-corrected chi connectivity index (χ4v) is 4.17. The number of rotatable bonds is 6. The van der Waals surface area contributed by atoms with Crippen LogP contribution in [-0.2, 0) is 11.3 Å². The van der Waals surface area contributed by atoms with Crippen LogP contribution < -0.4 is 16.4 Å². The van der Waals surface area contributed by atoms with Gasteiger partial charge in [-0.1, -0.05) is 12.1 Å². The van der Waals surface area contributed by atoms with E-state index in [2.05, 4.69) is 22.5 Å². The average Bonchev–Trinajstić information content (AvgIpc) is 3.26. The molecule has 30 heavy (non-hydrogen) atoms. The molecule has 1 aromatic carbocycles. The molecule has 0 saturated carbocycles. The van der Waals surface area contributed by atoms with Gasteiger partial charge < -0.3 is 26.2 Å². The molecule has 4 N–H and O–H groups in total. The van der Waals surface area contributed by atoms with Crippen LogP contribution in [0, 0.1) is 5.92 Å². The number of urea groups is 1. The van der Waals surface area contributed by atoms with Crippen molar-refractivity contribution in [2.24, 2.45) is 16.6 Å². The molecule has 1 aromatic rings. The van der Waals surface area contributed by atoms with E-state index in [4.69, 9.17) is 10.7 Å². The van der Waals surface area contributed by atoms with Gasteiger partial charge in [0.15, 0.2) is 5.96 Å². The van der Waals surface area contributed by atoms with Crippen molar-refractivity contribution in [3.8, 4) is 0 Å². The van der Waals surface area contributed by atoms with Gasteiger partial charge in [-0.2, -0.15) is 0 Å². The van der Waals surface area contributed by atoms with E-state index in [0.717, 1.165) is 75.6 Å². The summed E-state index contributed by atoms with van der Waals surface area (Å²) in [5.41, 5.74) is 7.22. The number of aliphatic imine (C=N–C) groups is 1. The fraction of sp³-hybridized carbons (Fsp3) is 0.591. The third-order valence-corrected chi connectivity index (χ3v) is 5.63. The number of benzene rings is 1. The highest BCUT2D eigenvalue weighted by molar-refractivity contribution is 5.89. The highest BCUT2D eigenvalue weighted by Crippen LogP contribution is 2.20. The predicted octanol–water partition coefficient (Wildman–Crippen LogP) is 2.37. The van der Waals surface area contributed by atoms with Gasteiger partial charge in [0.2, 0.25) is 5.91 Å². The van der Waals surface area contributed by atoms with Gasteiger partial charge in [0.05, 0.1) is 6.54 Å². The molecule has 2 aliphatic heterocycles. The number of nitrogens with zero attached hydrogens (tertiary/aromatic N) is 3. The molecule has 2 saturated heterocycles. The number of nitrogens with two attached hydrogens (primary N) is 1. The van der Waals surface area contributed by atoms with Crippen molar-refractivity contribution in [3.63, 3.8) is 0 Å². The average molecular weight is 415 g/mol. The van der Waals surface area contributed by atoms with E-state index < -0.39 is 0 Å². The Morgan fingerprint density at radius 1 is 1.17 bits per heavy atom. The minimum absolute atomic E-state index is 0.0321. The van der Waals surface area contributed by atoms with E-state index in [0.29, 0.717) is 13.0 Å². The van der Waals surface area contributed by atoms with Gasteiger partial charge in [0.25, 0.3) is 0 Å². The summed E-state index contributed by atoms with van der Waals surface area (Å²) in [6.45, 7) is 6.72. The van der Waals surface area contributed by atoms with Crippen LogP contribution in [-0.4, -0.2) is 60.4 Å². The molecule has 164 valence electrons. The van der Waals surface area contributed by atoms with Gasteiger partial charge in [-0.15, -0.1) is 0 Å². The van der Waals surface area contributed by atoms with E-state index >= 15 is 0 Å². The molecule has 0 spiro atoms. The zero-order valence-electron chi connectivity index (χ0n) is 17.9. The molecular weight excluding hydrogens is 380 g/mol. The van der Waals surface area contributed by atoms with E-state index in [1.807, 2.05) is 29.2 Å². The van der Waals surface area contributed by atoms with Gasteiger partial charge in [-0.05, 0) is 56.2 Å². The maximum atomic E-state index is 12.3. The van der Waals surface area contributed by atoms with Gasteiger partial charge in [-0.3, -0.25) is 4.79 Å². The highest BCUT2D eigenvalue weighted by atomic mass is 16.2. The molecule has 8 heteroatoms. The quantitative estimate of drug-likeness (QED) is 0.491. The smallest absolute Gasteiger partial charge is 0.321 e. The number of guanidine groups is 1. The van der Waals surface area contributed by atoms with Crippen LogP contribution in [0.25, 0.3) is 0 Å². The largest absolute Gasteiger partial charge is 0.370 e. The molecule has 3 amide bonds. The van der Waals surface area contributed by atoms with Crippen LogP contribution in [0.15, 0.2) is 29.3 Å². The summed E-state index contributed by atoms with van der Waals surface area (Å²) in [4.78, 5) is 32.5. The van der Waals surface area contributed by atoms with Gasteiger partial charge >= 0.3 is 6.03 Å². The summed E-state index contributed by atoms with van der Waals surface area (Å²) >= 11 is 0. The van der Waals surface area contributed by atoms with E-state index in [1.165, 1.54) is 0 Å². The first-order valence-corrected chi connectivity index (χ1v) is 11.0. The maximum Gasteiger partial charge on any atom is 0.321 e. The number of primary amides is 1. The van der Waals surface area contributed by atoms with Gasteiger partial charge in [-0.25, -0.2) is 9.79 Å². The number of piperidine rings is 1. The Morgan fingerprint density at radius 2 is 1.93 bits per heavy atom. The van der Waals surface area contributed by atoms with E-state index in [9.17, 15) is 9.59 Å². The Balaban J connectivity index is 1.62. The zero-order chi connectivity index (χ0) is 21.3. The van der Waals surface area contributed by atoms with Crippen molar-refractivity contribution in [2.45, 2.75) is 45.6 Å². The van der Waals surface area contributed by atoms with Crippen LogP contribution >= 0.6 is 0 Å². The second-order valence-corrected chi connectivity index (χ2v) is 8.12. The summed E-state index contributed by atoms with van der Waals surface area (Å²) in [5, 5.41) is 6.36. The monoisotopic (exact) mass is 414 g/mol. The second kappa shape index (κ2) is 10.8. The highest BCUT2D eigenvalue weighted by Gasteiger charge is 2.23. The number of hydrogen-bond acceptors (Lipinski definition) is 3. The third-order valence-electron chi connectivity index (χ3n) is 5.63. The van der Waals surface area contributed by atoms with E-state index in [1.54, 1.807) is 0 Å². The van der Waals surface area contributed by atoms with Crippen LogP contribution in [0.3, 0.4) is 0 Å². The molecule has 1 atom stereocenters.